The van der Waals surface area contributed by atoms with Crippen molar-refractivity contribution >= 4 is 11.9 Å². The minimum Gasteiger partial charge on any atom is -0.481 e. The fraction of sp³-hybridized carbons (Fsp3) is 0.467. The van der Waals surface area contributed by atoms with Gasteiger partial charge in [0.15, 0.2) is 0 Å². The molecule has 110 valence electrons. The number of carboxylic acid groups (broad SMARTS) is 1. The Balaban J connectivity index is 2.62. The number of carboxylic acids is 1. The maximum absolute atomic E-state index is 11.6. The Morgan fingerprint density at radius 1 is 1.25 bits per heavy atom. The first kappa shape index (κ1) is 16.2. The van der Waals surface area contributed by atoms with Gasteiger partial charge in [-0.15, -0.1) is 0 Å². The third-order valence-electron chi connectivity index (χ3n) is 3.26. The normalized spacial score (nSPS) is 12.8. The Kier molecular flexibility index (Phi) is 5.70. The van der Waals surface area contributed by atoms with E-state index in [-0.39, 0.29) is 5.91 Å². The summed E-state index contributed by atoms with van der Waals surface area (Å²) in [6.45, 7) is 4.34. The van der Waals surface area contributed by atoms with Gasteiger partial charge in [0.2, 0.25) is 5.91 Å². The van der Waals surface area contributed by atoms with Crippen LogP contribution in [0, 0.1) is 5.41 Å². The number of aliphatic carboxylic acids is 1. The third-order valence-corrected chi connectivity index (χ3v) is 3.26. The zero-order valence-electron chi connectivity index (χ0n) is 12.1. The van der Waals surface area contributed by atoms with Crippen molar-refractivity contribution in [1.82, 2.24) is 10.6 Å². The molecule has 20 heavy (non-hydrogen) atoms. The fourth-order valence-electron chi connectivity index (χ4n) is 1.98. The van der Waals surface area contributed by atoms with Gasteiger partial charge in [0.25, 0.3) is 0 Å². The summed E-state index contributed by atoms with van der Waals surface area (Å²) in [7, 11) is 1.59. The lowest BCUT2D eigenvalue weighted by molar-refractivity contribution is -0.138. The van der Waals surface area contributed by atoms with Crippen LogP contribution in [0.4, 0.5) is 0 Å². The molecular formula is C15H22N2O3. The SMILES string of the molecule is CNC(=O)C(C)(C)CNCC(C(=O)O)c1ccccc1. The van der Waals surface area contributed by atoms with E-state index in [9.17, 15) is 14.7 Å². The van der Waals surface area contributed by atoms with Gasteiger partial charge in [-0.2, -0.15) is 0 Å². The van der Waals surface area contributed by atoms with Gasteiger partial charge in [0.05, 0.1) is 11.3 Å². The predicted molar refractivity (Wildman–Crippen MR) is 77.5 cm³/mol. The first-order valence-corrected chi connectivity index (χ1v) is 6.59. The molecule has 0 aliphatic heterocycles. The van der Waals surface area contributed by atoms with Gasteiger partial charge in [-0.1, -0.05) is 30.3 Å². The number of nitrogens with one attached hydrogen (secondary N) is 2. The maximum atomic E-state index is 11.6. The predicted octanol–water partition coefficient (Wildman–Crippen LogP) is 1.22. The van der Waals surface area contributed by atoms with Crippen LogP contribution in [0.3, 0.4) is 0 Å². The topological polar surface area (TPSA) is 78.4 Å². The lowest BCUT2D eigenvalue weighted by Crippen LogP contribution is -2.43. The van der Waals surface area contributed by atoms with Crippen LogP contribution in [0.1, 0.15) is 25.3 Å². The fourth-order valence-corrected chi connectivity index (χ4v) is 1.98. The lowest BCUT2D eigenvalue weighted by Gasteiger charge is -2.24. The van der Waals surface area contributed by atoms with Crippen LogP contribution in [-0.4, -0.2) is 37.1 Å². The van der Waals surface area contributed by atoms with Crippen LogP contribution in [0.5, 0.6) is 0 Å². The number of hydrogen-bond donors (Lipinski definition) is 3. The van der Waals surface area contributed by atoms with E-state index in [0.29, 0.717) is 13.1 Å². The van der Waals surface area contributed by atoms with Crippen LogP contribution < -0.4 is 10.6 Å². The summed E-state index contributed by atoms with van der Waals surface area (Å²) in [5, 5.41) is 15.0. The van der Waals surface area contributed by atoms with E-state index < -0.39 is 17.3 Å². The molecule has 1 atom stereocenters. The van der Waals surface area contributed by atoms with E-state index in [2.05, 4.69) is 10.6 Å². The van der Waals surface area contributed by atoms with Crippen LogP contribution >= 0.6 is 0 Å². The van der Waals surface area contributed by atoms with E-state index in [1.165, 1.54) is 0 Å². The van der Waals surface area contributed by atoms with E-state index >= 15 is 0 Å². The summed E-state index contributed by atoms with van der Waals surface area (Å²) in [6, 6.07) is 9.08. The van der Waals surface area contributed by atoms with Crippen molar-refractivity contribution in [2.75, 3.05) is 20.1 Å². The van der Waals surface area contributed by atoms with Crippen LogP contribution in [0.2, 0.25) is 0 Å². The van der Waals surface area contributed by atoms with E-state index in [1.807, 2.05) is 32.0 Å². The van der Waals surface area contributed by atoms with Crippen molar-refractivity contribution in [2.45, 2.75) is 19.8 Å². The molecule has 0 saturated carbocycles. The van der Waals surface area contributed by atoms with Gasteiger partial charge in [-0.3, -0.25) is 9.59 Å². The van der Waals surface area contributed by atoms with Crippen molar-refractivity contribution in [1.29, 1.82) is 0 Å². The molecule has 1 rings (SSSR count). The number of amides is 1. The highest BCUT2D eigenvalue weighted by Gasteiger charge is 2.27. The van der Waals surface area contributed by atoms with Gasteiger partial charge in [0.1, 0.15) is 0 Å². The molecule has 1 aromatic rings. The highest BCUT2D eigenvalue weighted by atomic mass is 16.4. The molecular weight excluding hydrogens is 256 g/mol. The van der Waals surface area contributed by atoms with E-state index in [4.69, 9.17) is 0 Å². The number of carbonyl (C=O) groups is 2. The molecule has 0 heterocycles. The molecule has 5 nitrogen and oxygen atoms in total. The average Bonchev–Trinajstić information content (AvgIpc) is 2.43. The molecule has 0 aliphatic rings. The summed E-state index contributed by atoms with van der Waals surface area (Å²) < 4.78 is 0. The highest BCUT2D eigenvalue weighted by molar-refractivity contribution is 5.81. The Morgan fingerprint density at radius 2 is 1.85 bits per heavy atom. The van der Waals surface area contributed by atoms with Crippen LogP contribution in [-0.2, 0) is 9.59 Å². The quantitative estimate of drug-likeness (QED) is 0.700. The Bertz CT molecular complexity index is 457. The molecule has 0 spiro atoms. The average molecular weight is 278 g/mol. The van der Waals surface area contributed by atoms with Crippen LogP contribution in [0.15, 0.2) is 30.3 Å². The van der Waals surface area contributed by atoms with Gasteiger partial charge in [0, 0.05) is 20.1 Å². The summed E-state index contributed by atoms with van der Waals surface area (Å²) in [4.78, 5) is 23.0. The lowest BCUT2D eigenvalue weighted by atomic mass is 9.91. The van der Waals surface area contributed by atoms with Gasteiger partial charge in [-0.25, -0.2) is 0 Å². The Morgan fingerprint density at radius 3 is 2.35 bits per heavy atom. The number of rotatable bonds is 7. The standard InChI is InChI=1S/C15H22N2O3/c1-15(2,14(20)16-3)10-17-9-12(13(18)19)11-7-5-4-6-8-11/h4-8,12,17H,9-10H2,1-3H3,(H,16,20)(H,18,19). The third kappa shape index (κ3) is 4.35. The zero-order valence-corrected chi connectivity index (χ0v) is 12.1. The second-order valence-corrected chi connectivity index (χ2v) is 5.40. The summed E-state index contributed by atoms with van der Waals surface area (Å²) in [5.41, 5.74) is 0.180. The van der Waals surface area contributed by atoms with Crippen molar-refractivity contribution < 1.29 is 14.7 Å². The van der Waals surface area contributed by atoms with Crippen molar-refractivity contribution in [2.24, 2.45) is 5.41 Å². The van der Waals surface area contributed by atoms with Crippen molar-refractivity contribution in [3.8, 4) is 0 Å². The number of benzene rings is 1. The maximum Gasteiger partial charge on any atom is 0.312 e. The summed E-state index contributed by atoms with van der Waals surface area (Å²) in [5.74, 6) is -1.56. The van der Waals surface area contributed by atoms with Crippen molar-refractivity contribution in [3.63, 3.8) is 0 Å². The molecule has 0 bridgehead atoms. The smallest absolute Gasteiger partial charge is 0.312 e. The molecule has 1 amide bonds. The minimum absolute atomic E-state index is 0.0726. The Hall–Kier alpha value is -1.88. The number of carbonyl (C=O) groups excluding carboxylic acids is 1. The molecule has 0 saturated heterocycles. The van der Waals surface area contributed by atoms with Crippen LogP contribution in [0.25, 0.3) is 0 Å². The largest absolute Gasteiger partial charge is 0.481 e. The highest BCUT2D eigenvalue weighted by Crippen LogP contribution is 2.17. The molecule has 0 fully saturated rings. The minimum atomic E-state index is -0.874. The molecule has 1 aromatic carbocycles. The zero-order chi connectivity index (χ0) is 15.2. The Labute approximate surface area is 119 Å². The second-order valence-electron chi connectivity index (χ2n) is 5.40. The van der Waals surface area contributed by atoms with Crippen molar-refractivity contribution in [3.05, 3.63) is 35.9 Å². The monoisotopic (exact) mass is 278 g/mol. The molecule has 5 heteroatoms. The first-order chi connectivity index (χ1) is 9.38. The van der Waals surface area contributed by atoms with Gasteiger partial charge >= 0.3 is 5.97 Å². The second kappa shape index (κ2) is 7.05. The van der Waals surface area contributed by atoms with E-state index in [1.54, 1.807) is 19.2 Å². The molecule has 3 N–H and O–H groups in total. The molecule has 0 aliphatic carbocycles. The number of hydrogen-bond acceptors (Lipinski definition) is 3. The molecule has 0 aromatic heterocycles. The molecule has 0 radical (unpaired) electrons. The summed E-state index contributed by atoms with van der Waals surface area (Å²) in [6.07, 6.45) is 0. The first-order valence-electron chi connectivity index (χ1n) is 6.59. The van der Waals surface area contributed by atoms with Gasteiger partial charge < -0.3 is 15.7 Å². The van der Waals surface area contributed by atoms with Gasteiger partial charge in [-0.05, 0) is 19.4 Å². The van der Waals surface area contributed by atoms with E-state index in [0.717, 1.165) is 5.56 Å². The summed E-state index contributed by atoms with van der Waals surface area (Å²) >= 11 is 0. The molecule has 1 unspecified atom stereocenters.